The van der Waals surface area contributed by atoms with E-state index in [9.17, 15) is 32.3 Å². The number of carbonyl (C=O) groups is 4. The molecule has 0 bridgehead atoms. The smallest absolute Gasteiger partial charge is 0.435 e. The molecule has 1 atom stereocenters. The van der Waals surface area contributed by atoms with Gasteiger partial charge in [-0.25, -0.2) is 4.68 Å². The highest BCUT2D eigenvalue weighted by molar-refractivity contribution is 6.00. The number of ketones is 1. The van der Waals surface area contributed by atoms with E-state index in [4.69, 9.17) is 15.2 Å². The zero-order valence-electron chi connectivity index (χ0n) is 26.1. The summed E-state index contributed by atoms with van der Waals surface area (Å²) in [7, 11) is 3.61. The molecule has 1 aromatic carbocycles. The van der Waals surface area contributed by atoms with Gasteiger partial charge in [0.15, 0.2) is 11.5 Å². The molecule has 3 N–H and O–H groups in total. The first-order valence-electron chi connectivity index (χ1n) is 14.9. The van der Waals surface area contributed by atoms with Gasteiger partial charge in [-0.05, 0) is 69.8 Å². The molecule has 1 aromatic heterocycles. The first-order valence-corrected chi connectivity index (χ1v) is 14.9. The van der Waals surface area contributed by atoms with Gasteiger partial charge in [-0.2, -0.15) is 18.3 Å². The fraction of sp³-hybridized carbons (Fsp3) is 0.581. The standard InChI is InChI=1S/C31H40F3N5O6/c1-17(40)44-21(16-38(4)5)13-26(42)45-20-9-6-18(7-10-20)36-23-12-19(8-11-22(23)29(35)43)39-24-14-30(2,3)15-25(41)27(24)28(37-39)31(32,33)34/h8,11-12,18,20-21,36H,6-7,9-10,13-16H2,1-5H3,(H2,35,43)/t18-,20-,21?. The second-order valence-corrected chi connectivity index (χ2v) is 12.9. The molecular weight excluding hydrogens is 595 g/mol. The second-order valence-electron chi connectivity index (χ2n) is 12.9. The van der Waals surface area contributed by atoms with Gasteiger partial charge < -0.3 is 25.4 Å². The Labute approximate surface area is 259 Å². The maximum absolute atomic E-state index is 13.9. The molecule has 1 heterocycles. The normalized spacial score (nSPS) is 20.3. The van der Waals surface area contributed by atoms with E-state index in [1.165, 1.54) is 25.1 Å². The number of alkyl halides is 3. The van der Waals surface area contributed by atoms with Gasteiger partial charge in [-0.15, -0.1) is 0 Å². The van der Waals surface area contributed by atoms with E-state index in [1.807, 2.05) is 18.7 Å². The highest BCUT2D eigenvalue weighted by atomic mass is 19.4. The third-order valence-electron chi connectivity index (χ3n) is 7.95. The van der Waals surface area contributed by atoms with Crippen LogP contribution in [0.3, 0.4) is 0 Å². The Kier molecular flexibility index (Phi) is 9.95. The number of fused-ring (bicyclic) bond motifs is 1. The average Bonchev–Trinajstić information content (AvgIpc) is 3.28. The maximum Gasteiger partial charge on any atom is 0.435 e. The number of ether oxygens (including phenoxy) is 2. The molecular formula is C31H40F3N5O6. The van der Waals surface area contributed by atoms with Gasteiger partial charge in [-0.3, -0.25) is 19.2 Å². The largest absolute Gasteiger partial charge is 0.462 e. The van der Waals surface area contributed by atoms with Gasteiger partial charge in [0.05, 0.1) is 28.9 Å². The van der Waals surface area contributed by atoms with Crippen molar-refractivity contribution in [3.8, 4) is 5.69 Å². The zero-order chi connectivity index (χ0) is 33.3. The number of esters is 2. The number of nitrogens with one attached hydrogen (secondary N) is 1. The fourth-order valence-electron chi connectivity index (χ4n) is 6.11. The molecule has 1 unspecified atom stereocenters. The maximum atomic E-state index is 13.9. The molecule has 4 rings (SSSR count). The number of aromatic nitrogens is 2. The van der Waals surface area contributed by atoms with Crippen LogP contribution in [0.15, 0.2) is 18.2 Å². The Morgan fingerprint density at radius 1 is 1.16 bits per heavy atom. The molecule has 0 spiro atoms. The number of benzene rings is 1. The van der Waals surface area contributed by atoms with Gasteiger partial charge in [-0.1, -0.05) is 13.8 Å². The average molecular weight is 636 g/mol. The van der Waals surface area contributed by atoms with Crippen LogP contribution in [0, 0.1) is 5.41 Å². The van der Waals surface area contributed by atoms with Gasteiger partial charge >= 0.3 is 18.1 Å². The summed E-state index contributed by atoms with van der Waals surface area (Å²) in [6.07, 6.45) is -3.48. The lowest BCUT2D eigenvalue weighted by Crippen LogP contribution is -2.35. The number of Topliss-reactive ketones (excluding diaryl/α,β-unsaturated/α-hetero) is 1. The summed E-state index contributed by atoms with van der Waals surface area (Å²) in [6, 6.07) is 4.26. The lowest BCUT2D eigenvalue weighted by Gasteiger charge is -2.31. The lowest BCUT2D eigenvalue weighted by molar-refractivity contribution is -0.158. The molecule has 0 aliphatic heterocycles. The predicted octanol–water partition coefficient (Wildman–Crippen LogP) is 4.29. The monoisotopic (exact) mass is 635 g/mol. The third-order valence-corrected chi connectivity index (χ3v) is 7.95. The lowest BCUT2D eigenvalue weighted by atomic mass is 9.75. The topological polar surface area (TPSA) is 146 Å². The Balaban J connectivity index is 1.50. The van der Waals surface area contributed by atoms with E-state index in [0.717, 1.165) is 4.68 Å². The molecule has 11 nitrogen and oxygen atoms in total. The quantitative estimate of drug-likeness (QED) is 0.365. The van der Waals surface area contributed by atoms with E-state index >= 15 is 0 Å². The molecule has 2 aliphatic carbocycles. The first-order chi connectivity index (χ1) is 20.9. The van der Waals surface area contributed by atoms with Gasteiger partial charge in [0, 0.05) is 31.6 Å². The van der Waals surface area contributed by atoms with Gasteiger partial charge in [0.2, 0.25) is 0 Å². The summed E-state index contributed by atoms with van der Waals surface area (Å²) in [5.74, 6) is -2.28. The number of likely N-dealkylation sites (N-methyl/N-ethyl adjacent to an activating group) is 1. The van der Waals surface area contributed by atoms with Crippen LogP contribution in [-0.2, 0) is 31.7 Å². The summed E-state index contributed by atoms with van der Waals surface area (Å²) in [4.78, 5) is 50.9. The Hall–Kier alpha value is -3.94. The van der Waals surface area contributed by atoms with Crippen LogP contribution in [0.2, 0.25) is 0 Å². The summed E-state index contributed by atoms with van der Waals surface area (Å²) in [5, 5.41) is 7.15. The highest BCUT2D eigenvalue weighted by Gasteiger charge is 2.45. The van der Waals surface area contributed by atoms with Crippen molar-refractivity contribution in [1.29, 1.82) is 0 Å². The molecule has 1 saturated carbocycles. The minimum Gasteiger partial charge on any atom is -0.462 e. The molecule has 45 heavy (non-hydrogen) atoms. The summed E-state index contributed by atoms with van der Waals surface area (Å²) >= 11 is 0. The Morgan fingerprint density at radius 2 is 1.82 bits per heavy atom. The minimum absolute atomic E-state index is 0.0248. The van der Waals surface area contributed by atoms with Crippen LogP contribution in [-0.4, -0.2) is 77.2 Å². The number of anilines is 1. The Morgan fingerprint density at radius 3 is 2.40 bits per heavy atom. The van der Waals surface area contributed by atoms with Crippen molar-refractivity contribution in [2.45, 2.75) is 90.1 Å². The van der Waals surface area contributed by atoms with Gasteiger partial charge in [0.1, 0.15) is 12.2 Å². The fourth-order valence-corrected chi connectivity index (χ4v) is 6.11. The predicted molar refractivity (Wildman–Crippen MR) is 158 cm³/mol. The van der Waals surface area contributed by atoms with E-state index < -0.39 is 52.6 Å². The van der Waals surface area contributed by atoms with Crippen molar-refractivity contribution >= 4 is 29.3 Å². The second kappa shape index (κ2) is 13.2. The summed E-state index contributed by atoms with van der Waals surface area (Å²) in [6.45, 7) is 5.29. The van der Waals surface area contributed by atoms with E-state index in [0.29, 0.717) is 37.9 Å². The molecule has 2 aliphatic rings. The van der Waals surface area contributed by atoms with Crippen molar-refractivity contribution in [2.75, 3.05) is 26.0 Å². The van der Waals surface area contributed by atoms with E-state index in [2.05, 4.69) is 10.4 Å². The van der Waals surface area contributed by atoms with Crippen molar-refractivity contribution < 1.29 is 41.8 Å². The molecule has 1 amide bonds. The number of halogens is 3. The third kappa shape index (κ3) is 8.41. The zero-order valence-corrected chi connectivity index (χ0v) is 26.1. The minimum atomic E-state index is -4.82. The van der Waals surface area contributed by atoms with Crippen LogP contribution >= 0.6 is 0 Å². The molecule has 0 radical (unpaired) electrons. The van der Waals surface area contributed by atoms with Crippen LogP contribution in [0.5, 0.6) is 0 Å². The number of nitrogens with two attached hydrogens (primary N) is 1. The first kappa shape index (κ1) is 33.9. The summed E-state index contributed by atoms with van der Waals surface area (Å²) in [5.41, 5.74) is 4.33. The van der Waals surface area contributed by atoms with Crippen LogP contribution in [0.1, 0.15) is 91.4 Å². The van der Waals surface area contributed by atoms with Gasteiger partial charge in [0.25, 0.3) is 5.91 Å². The van der Waals surface area contributed by atoms with Crippen molar-refractivity contribution in [3.63, 3.8) is 0 Å². The SMILES string of the molecule is CC(=O)OC(CC(=O)O[C@H]1CC[C@H](Nc2cc(-n3nc(C(F)(F)F)c4c3CC(C)(C)CC4=O)ccc2C(N)=O)CC1)CN(C)C. The number of hydrogen-bond acceptors (Lipinski definition) is 9. The van der Waals surface area contributed by atoms with Crippen LogP contribution < -0.4 is 11.1 Å². The van der Waals surface area contributed by atoms with Crippen LogP contribution in [0.4, 0.5) is 18.9 Å². The van der Waals surface area contributed by atoms with E-state index in [1.54, 1.807) is 14.1 Å². The molecule has 0 saturated heterocycles. The van der Waals surface area contributed by atoms with Crippen molar-refractivity contribution in [2.24, 2.45) is 11.1 Å². The van der Waals surface area contributed by atoms with E-state index in [-0.39, 0.29) is 48.4 Å². The summed E-state index contributed by atoms with van der Waals surface area (Å²) < 4.78 is 53.9. The molecule has 246 valence electrons. The number of nitrogens with zero attached hydrogens (tertiary/aromatic N) is 3. The van der Waals surface area contributed by atoms with Crippen molar-refractivity contribution in [1.82, 2.24) is 14.7 Å². The highest BCUT2D eigenvalue weighted by Crippen LogP contribution is 2.42. The number of hydrogen-bond donors (Lipinski definition) is 2. The Bertz CT molecular complexity index is 1460. The van der Waals surface area contributed by atoms with Crippen molar-refractivity contribution in [3.05, 3.63) is 40.7 Å². The molecule has 14 heteroatoms. The molecule has 1 fully saturated rings. The molecule has 2 aromatic rings. The number of carbonyl (C=O) groups excluding carboxylic acids is 4. The van der Waals surface area contributed by atoms with Crippen LogP contribution in [0.25, 0.3) is 5.69 Å². The number of amides is 1. The number of primary amides is 1. The number of rotatable bonds is 10.